The van der Waals surface area contributed by atoms with Gasteiger partial charge in [-0.05, 0) is 52.9 Å². The van der Waals surface area contributed by atoms with Crippen LogP contribution >= 0.6 is 15.9 Å². The molecule has 0 radical (unpaired) electrons. The summed E-state index contributed by atoms with van der Waals surface area (Å²) in [5.74, 6) is -9.22. The minimum Gasteiger partial charge on any atom is -0.507 e. The second-order valence-corrected chi connectivity index (χ2v) is 10.9. The third-order valence-electron chi connectivity index (χ3n) is 8.13. The van der Waals surface area contributed by atoms with Gasteiger partial charge in [0.1, 0.15) is 11.3 Å². The van der Waals surface area contributed by atoms with Crippen molar-refractivity contribution in [1.29, 1.82) is 0 Å². The molecule has 2 aromatic carbocycles. The summed E-state index contributed by atoms with van der Waals surface area (Å²) in [5.41, 5.74) is 0.416. The van der Waals surface area contributed by atoms with Crippen LogP contribution in [0.3, 0.4) is 0 Å². The quantitative estimate of drug-likeness (QED) is 0.270. The zero-order chi connectivity index (χ0) is 28.6. The van der Waals surface area contributed by atoms with Crippen LogP contribution in [-0.2, 0) is 19.2 Å². The molecule has 0 saturated carbocycles. The number of hydrogen-bond acceptors (Lipinski definition) is 7. The zero-order valence-electron chi connectivity index (χ0n) is 20.4. The van der Waals surface area contributed by atoms with Gasteiger partial charge in [-0.1, -0.05) is 23.8 Å². The maximum absolute atomic E-state index is 14.5. The van der Waals surface area contributed by atoms with Crippen LogP contribution in [0.1, 0.15) is 34.7 Å². The number of phenolic OH excluding ortho intramolecular Hbond substituents is 1. The molecule has 1 heterocycles. The van der Waals surface area contributed by atoms with E-state index < -0.39 is 75.9 Å². The van der Waals surface area contributed by atoms with Gasteiger partial charge in [-0.15, -0.1) is 0 Å². The van der Waals surface area contributed by atoms with Crippen molar-refractivity contribution in [1.82, 2.24) is 0 Å². The number of carboxylic acid groups (broad SMARTS) is 1. The number of hydrogen-bond donors (Lipinski definition) is 3. The molecule has 6 rings (SSSR count). The molecule has 202 valence electrons. The Hall–Kier alpha value is -4.38. The minimum absolute atomic E-state index is 0.00177. The Labute approximate surface area is 234 Å². The number of anilines is 1. The number of amides is 2. The summed E-state index contributed by atoms with van der Waals surface area (Å²) in [6, 6.07) is 7.27. The number of halogens is 2. The molecule has 4 aliphatic rings. The van der Waals surface area contributed by atoms with Crippen LogP contribution in [0.2, 0.25) is 0 Å². The van der Waals surface area contributed by atoms with Gasteiger partial charge in [0.05, 0.1) is 22.0 Å². The SMILES string of the molecule is O=C1C=C(Br)C(=O)C2=C1[C@@H](c1cccc(F)c1O)C1=CC[C@@H]3C(=O)N(c4ccc(C(=O)O)c(O)c4)C(=O)[C@@H]3[C@@H]1C2. The molecule has 1 saturated heterocycles. The number of allylic oxidation sites excluding steroid dienone is 6. The van der Waals surface area contributed by atoms with Gasteiger partial charge in [0.25, 0.3) is 0 Å². The van der Waals surface area contributed by atoms with Gasteiger partial charge >= 0.3 is 5.97 Å². The first kappa shape index (κ1) is 25.9. The van der Waals surface area contributed by atoms with Crippen molar-refractivity contribution in [3.63, 3.8) is 0 Å². The van der Waals surface area contributed by atoms with E-state index in [-0.39, 0.29) is 39.7 Å². The Morgan fingerprint density at radius 2 is 1.77 bits per heavy atom. The fraction of sp³-hybridized carbons (Fsp3) is 0.207. The lowest BCUT2D eigenvalue weighted by molar-refractivity contribution is -0.123. The number of benzene rings is 2. The van der Waals surface area contributed by atoms with Crippen LogP contribution in [-0.4, -0.2) is 44.7 Å². The van der Waals surface area contributed by atoms with Crippen LogP contribution in [0.15, 0.2) is 69.8 Å². The molecule has 40 heavy (non-hydrogen) atoms. The van der Waals surface area contributed by atoms with E-state index in [2.05, 4.69) is 15.9 Å². The van der Waals surface area contributed by atoms with Crippen LogP contribution < -0.4 is 4.90 Å². The van der Waals surface area contributed by atoms with Gasteiger partial charge in [0.2, 0.25) is 11.8 Å². The number of carbonyl (C=O) groups excluding carboxylic acids is 4. The lowest BCUT2D eigenvalue weighted by atomic mass is 9.59. The average Bonchev–Trinajstić information content (AvgIpc) is 3.17. The highest BCUT2D eigenvalue weighted by Gasteiger charge is 2.57. The molecule has 1 fully saturated rings. The molecule has 0 unspecified atom stereocenters. The van der Waals surface area contributed by atoms with Crippen LogP contribution in [0.5, 0.6) is 11.5 Å². The lowest BCUT2D eigenvalue weighted by Gasteiger charge is -2.42. The molecule has 1 aliphatic heterocycles. The Morgan fingerprint density at radius 1 is 1.02 bits per heavy atom. The molecule has 11 heteroatoms. The highest BCUT2D eigenvalue weighted by atomic mass is 79.9. The monoisotopic (exact) mass is 607 g/mol. The molecule has 2 amide bonds. The fourth-order valence-corrected chi connectivity index (χ4v) is 6.87. The number of fused-ring (bicyclic) bond motifs is 3. The molecule has 4 atom stereocenters. The predicted octanol–water partition coefficient (Wildman–Crippen LogP) is 3.90. The number of ketones is 2. The second-order valence-electron chi connectivity index (χ2n) is 10.1. The topological polar surface area (TPSA) is 149 Å². The summed E-state index contributed by atoms with van der Waals surface area (Å²) in [6.45, 7) is 0. The van der Waals surface area contributed by atoms with E-state index in [1.165, 1.54) is 18.2 Å². The van der Waals surface area contributed by atoms with E-state index in [9.17, 15) is 43.7 Å². The van der Waals surface area contributed by atoms with Crippen molar-refractivity contribution < 1.29 is 43.7 Å². The van der Waals surface area contributed by atoms with Gasteiger partial charge < -0.3 is 15.3 Å². The van der Waals surface area contributed by atoms with Crippen molar-refractivity contribution in [3.05, 3.63) is 86.7 Å². The second kappa shape index (κ2) is 9.09. The van der Waals surface area contributed by atoms with Gasteiger partial charge in [0, 0.05) is 34.8 Å². The van der Waals surface area contributed by atoms with Crippen LogP contribution in [0.4, 0.5) is 10.1 Å². The molecule has 9 nitrogen and oxygen atoms in total. The Morgan fingerprint density at radius 3 is 2.48 bits per heavy atom. The number of nitrogens with zero attached hydrogens (tertiary/aromatic N) is 1. The molecule has 3 N–H and O–H groups in total. The van der Waals surface area contributed by atoms with Crippen molar-refractivity contribution >= 4 is 51.0 Å². The Bertz CT molecular complexity index is 1690. The van der Waals surface area contributed by atoms with Crippen molar-refractivity contribution in [2.75, 3.05) is 4.90 Å². The number of aromatic carboxylic acids is 1. The van der Waals surface area contributed by atoms with E-state index in [1.54, 1.807) is 6.08 Å². The highest BCUT2D eigenvalue weighted by molar-refractivity contribution is 9.12. The maximum atomic E-state index is 14.5. The maximum Gasteiger partial charge on any atom is 0.339 e. The molecule has 0 aromatic heterocycles. The summed E-state index contributed by atoms with van der Waals surface area (Å²) in [7, 11) is 0. The lowest BCUT2D eigenvalue weighted by Crippen LogP contribution is -2.39. The summed E-state index contributed by atoms with van der Waals surface area (Å²) in [5, 5.41) is 30.0. The third-order valence-corrected chi connectivity index (χ3v) is 8.72. The van der Waals surface area contributed by atoms with Gasteiger partial charge in [-0.25, -0.2) is 14.1 Å². The standard InChI is InChI=1S/C29H19BrFNO8/c30-18-10-21(34)24-17(25(18)35)9-16-12(22(24)14-2-1-3-19(31)26(14)36)6-7-15-23(16)28(38)32(27(15)37)11-4-5-13(29(39)40)20(33)8-11/h1-6,8,10,15-16,22-23,33,36H,7,9H2,(H,39,40)/t15-,16+,22+,23-/m0/s1. The van der Waals surface area contributed by atoms with Crippen LogP contribution in [0, 0.1) is 23.6 Å². The molecule has 0 spiro atoms. The zero-order valence-corrected chi connectivity index (χ0v) is 22.0. The first-order valence-electron chi connectivity index (χ1n) is 12.3. The normalized spacial score (nSPS) is 25.8. The number of aromatic hydroxyl groups is 2. The van der Waals surface area contributed by atoms with Crippen molar-refractivity contribution in [3.8, 4) is 11.5 Å². The van der Waals surface area contributed by atoms with E-state index in [0.717, 1.165) is 29.2 Å². The van der Waals surface area contributed by atoms with Gasteiger partial charge in [-0.2, -0.15) is 0 Å². The van der Waals surface area contributed by atoms with Gasteiger partial charge in [-0.3, -0.25) is 19.2 Å². The minimum atomic E-state index is -1.38. The summed E-state index contributed by atoms with van der Waals surface area (Å²) in [4.78, 5) is 66.0. The first-order valence-corrected chi connectivity index (χ1v) is 13.1. The van der Waals surface area contributed by atoms with E-state index in [0.29, 0.717) is 5.57 Å². The molecular weight excluding hydrogens is 589 g/mol. The smallest absolute Gasteiger partial charge is 0.339 e. The summed E-state index contributed by atoms with van der Waals surface area (Å²) in [6.07, 6.45) is 2.93. The molecule has 0 bridgehead atoms. The fourth-order valence-electron chi connectivity index (χ4n) is 6.42. The van der Waals surface area contributed by atoms with Crippen molar-refractivity contribution in [2.45, 2.75) is 18.8 Å². The summed E-state index contributed by atoms with van der Waals surface area (Å²) >= 11 is 3.12. The third kappa shape index (κ3) is 3.60. The average molecular weight is 608 g/mol. The number of carboxylic acids is 1. The molecule has 3 aliphatic carbocycles. The number of rotatable bonds is 3. The van der Waals surface area contributed by atoms with Crippen molar-refractivity contribution in [2.24, 2.45) is 17.8 Å². The van der Waals surface area contributed by atoms with E-state index in [4.69, 9.17) is 0 Å². The van der Waals surface area contributed by atoms with E-state index in [1.807, 2.05) is 0 Å². The predicted molar refractivity (Wildman–Crippen MR) is 140 cm³/mol. The number of imide groups is 1. The number of carbonyl (C=O) groups is 5. The number of phenols is 2. The Kier molecular flexibility index (Phi) is 5.88. The summed E-state index contributed by atoms with van der Waals surface area (Å²) < 4.78 is 14.5. The van der Waals surface area contributed by atoms with E-state index >= 15 is 0 Å². The van der Waals surface area contributed by atoms with Crippen LogP contribution in [0.25, 0.3) is 0 Å². The molecular formula is C29H19BrFNO8. The number of para-hydroxylation sites is 1. The molecule has 2 aromatic rings. The number of Topliss-reactive ketones (excluding diaryl/α,β-unsaturated/α-hetero) is 1. The Balaban J connectivity index is 1.48. The highest BCUT2D eigenvalue weighted by Crippen LogP contribution is 2.56. The first-order chi connectivity index (χ1) is 19.0. The van der Waals surface area contributed by atoms with Gasteiger partial charge in [0.15, 0.2) is 23.1 Å². The largest absolute Gasteiger partial charge is 0.507 e.